The third kappa shape index (κ3) is 2.91. The van der Waals surface area contributed by atoms with Crippen molar-refractivity contribution in [2.75, 3.05) is 11.9 Å². The van der Waals surface area contributed by atoms with Crippen LogP contribution in [0.15, 0.2) is 36.4 Å². The van der Waals surface area contributed by atoms with Gasteiger partial charge < -0.3 is 10.6 Å². The molecule has 0 saturated heterocycles. The molecular formula is C23H18N4OS. The molecule has 29 heavy (non-hydrogen) atoms. The smallest absolute Gasteiger partial charge is 0.263 e. The van der Waals surface area contributed by atoms with Gasteiger partial charge in [0.2, 0.25) is 0 Å². The molecule has 0 saturated carbocycles. The number of aryl methyl sites for hydroxylation is 1. The molecule has 0 fully saturated rings. The van der Waals surface area contributed by atoms with Gasteiger partial charge in [0.1, 0.15) is 10.6 Å². The summed E-state index contributed by atoms with van der Waals surface area (Å²) in [4.78, 5) is 22.5. The maximum Gasteiger partial charge on any atom is 0.263 e. The number of nitrogens with one attached hydrogen (secondary N) is 2. The summed E-state index contributed by atoms with van der Waals surface area (Å²) < 4.78 is 1.07. The fraction of sp³-hybridized carbons (Fsp3) is 0.174. The summed E-state index contributed by atoms with van der Waals surface area (Å²) in [5.41, 5.74) is 5.04. The molecule has 5 nitrogen and oxygen atoms in total. The van der Waals surface area contributed by atoms with Gasteiger partial charge in [-0.1, -0.05) is 5.92 Å². The van der Waals surface area contributed by atoms with E-state index in [9.17, 15) is 4.79 Å². The molecule has 5 rings (SSSR count). The van der Waals surface area contributed by atoms with Gasteiger partial charge in [0, 0.05) is 39.3 Å². The standard InChI is InChI=1S/C23H18N4OS/c1-4-15-10-14(9-12(2)25-15)17-6-5-16-18(27-17)7-8-19-20(16)21-22(29-19)23(28)26-13(3)11-24-21/h1,5-10,13,24H,11H2,2-3H3,(H,26,28)/t13-/m1/s1. The van der Waals surface area contributed by atoms with Crippen molar-refractivity contribution in [2.24, 2.45) is 0 Å². The second-order valence-electron chi connectivity index (χ2n) is 7.29. The Hall–Kier alpha value is -3.43. The first-order valence-electron chi connectivity index (χ1n) is 9.40. The van der Waals surface area contributed by atoms with E-state index in [4.69, 9.17) is 11.4 Å². The van der Waals surface area contributed by atoms with E-state index in [2.05, 4.69) is 27.6 Å². The molecule has 6 heteroatoms. The third-order valence-electron chi connectivity index (χ3n) is 5.09. The van der Waals surface area contributed by atoms with Gasteiger partial charge in [-0.25, -0.2) is 9.97 Å². The number of carbonyl (C=O) groups excluding carboxylic acids is 1. The number of carbonyl (C=O) groups is 1. The number of fused-ring (bicyclic) bond motifs is 5. The van der Waals surface area contributed by atoms with Crippen LogP contribution in [-0.2, 0) is 0 Å². The fourth-order valence-electron chi connectivity index (χ4n) is 3.78. The molecule has 0 radical (unpaired) electrons. The van der Waals surface area contributed by atoms with Crippen LogP contribution in [0, 0.1) is 19.3 Å². The molecule has 3 aromatic heterocycles. The minimum atomic E-state index is -0.0227. The average Bonchev–Trinajstić information content (AvgIpc) is 3.04. The van der Waals surface area contributed by atoms with Gasteiger partial charge >= 0.3 is 0 Å². The molecular weight excluding hydrogens is 380 g/mol. The van der Waals surface area contributed by atoms with Crippen molar-refractivity contribution in [3.05, 3.63) is 52.7 Å². The molecule has 0 unspecified atom stereocenters. The highest BCUT2D eigenvalue weighted by Gasteiger charge is 2.24. The highest BCUT2D eigenvalue weighted by Crippen LogP contribution is 2.41. The first-order chi connectivity index (χ1) is 14.0. The van der Waals surface area contributed by atoms with Crippen molar-refractivity contribution in [3.63, 3.8) is 0 Å². The average molecular weight is 398 g/mol. The number of hydrogen-bond acceptors (Lipinski definition) is 5. The van der Waals surface area contributed by atoms with Gasteiger partial charge in [-0.2, -0.15) is 0 Å². The minimum absolute atomic E-state index is 0.0227. The zero-order valence-electron chi connectivity index (χ0n) is 16.0. The number of aromatic nitrogens is 2. The summed E-state index contributed by atoms with van der Waals surface area (Å²) in [5, 5.41) is 8.57. The first kappa shape index (κ1) is 17.7. The second-order valence-corrected chi connectivity index (χ2v) is 8.34. The molecule has 4 aromatic rings. The van der Waals surface area contributed by atoms with Crippen LogP contribution in [-0.4, -0.2) is 28.5 Å². The van der Waals surface area contributed by atoms with E-state index in [-0.39, 0.29) is 11.9 Å². The Bertz CT molecular complexity index is 1350. The number of pyridine rings is 2. The molecule has 1 aliphatic rings. The van der Waals surface area contributed by atoms with Gasteiger partial charge in [-0.15, -0.1) is 17.8 Å². The van der Waals surface area contributed by atoms with Crippen LogP contribution in [0.1, 0.15) is 28.0 Å². The summed E-state index contributed by atoms with van der Waals surface area (Å²) in [5.74, 6) is 2.58. The van der Waals surface area contributed by atoms with Crippen molar-refractivity contribution in [3.8, 4) is 23.6 Å². The Labute approximate surface area is 172 Å². The molecule has 1 amide bonds. The SMILES string of the molecule is C#Cc1cc(-c2ccc3c(ccc4sc5c(c43)NC[C@@H](C)NC5=O)n2)cc(C)n1. The number of thiophene rings is 1. The lowest BCUT2D eigenvalue weighted by Crippen LogP contribution is -2.34. The topological polar surface area (TPSA) is 66.9 Å². The van der Waals surface area contributed by atoms with Crippen molar-refractivity contribution in [2.45, 2.75) is 19.9 Å². The summed E-state index contributed by atoms with van der Waals surface area (Å²) in [6, 6.07) is 12.1. The van der Waals surface area contributed by atoms with Crippen molar-refractivity contribution in [1.29, 1.82) is 0 Å². The summed E-state index contributed by atoms with van der Waals surface area (Å²) in [7, 11) is 0. The zero-order chi connectivity index (χ0) is 20.1. The molecule has 4 heterocycles. The molecule has 0 bridgehead atoms. The molecule has 1 atom stereocenters. The number of amides is 1. The molecule has 2 N–H and O–H groups in total. The van der Waals surface area contributed by atoms with Gasteiger partial charge in [-0.3, -0.25) is 4.79 Å². The lowest BCUT2D eigenvalue weighted by molar-refractivity contribution is 0.0949. The summed E-state index contributed by atoms with van der Waals surface area (Å²) >= 11 is 1.51. The van der Waals surface area contributed by atoms with E-state index in [1.54, 1.807) is 0 Å². The van der Waals surface area contributed by atoms with Crippen LogP contribution in [0.4, 0.5) is 5.69 Å². The van der Waals surface area contributed by atoms with Crippen LogP contribution < -0.4 is 10.6 Å². The number of nitrogens with zero attached hydrogens (tertiary/aromatic N) is 2. The fourth-order valence-corrected chi connectivity index (χ4v) is 4.87. The van der Waals surface area contributed by atoms with Crippen LogP contribution in [0.5, 0.6) is 0 Å². The van der Waals surface area contributed by atoms with Crippen molar-refractivity contribution >= 4 is 43.9 Å². The minimum Gasteiger partial charge on any atom is -0.381 e. The number of anilines is 1. The van der Waals surface area contributed by atoms with E-state index in [0.717, 1.165) is 48.5 Å². The molecule has 1 aliphatic heterocycles. The summed E-state index contributed by atoms with van der Waals surface area (Å²) in [6.45, 7) is 4.61. The van der Waals surface area contributed by atoms with Gasteiger partial charge in [0.25, 0.3) is 5.91 Å². The Morgan fingerprint density at radius 2 is 2.07 bits per heavy atom. The quantitative estimate of drug-likeness (QED) is 0.468. The predicted molar refractivity (Wildman–Crippen MR) is 118 cm³/mol. The second kappa shape index (κ2) is 6.57. The van der Waals surface area contributed by atoms with Crippen LogP contribution in [0.3, 0.4) is 0 Å². The summed E-state index contributed by atoms with van der Waals surface area (Å²) in [6.07, 6.45) is 5.53. The largest absolute Gasteiger partial charge is 0.381 e. The van der Waals surface area contributed by atoms with Gasteiger partial charge in [0.15, 0.2) is 0 Å². The highest BCUT2D eigenvalue weighted by atomic mass is 32.1. The molecule has 0 spiro atoms. The first-order valence-corrected chi connectivity index (χ1v) is 10.2. The number of benzene rings is 1. The third-order valence-corrected chi connectivity index (χ3v) is 6.24. The van der Waals surface area contributed by atoms with Crippen LogP contribution >= 0.6 is 11.3 Å². The highest BCUT2D eigenvalue weighted by molar-refractivity contribution is 7.21. The maximum atomic E-state index is 12.6. The Morgan fingerprint density at radius 1 is 1.21 bits per heavy atom. The Morgan fingerprint density at radius 3 is 2.90 bits per heavy atom. The van der Waals surface area contributed by atoms with Gasteiger partial charge in [0.05, 0.1) is 16.9 Å². The maximum absolute atomic E-state index is 12.6. The Balaban J connectivity index is 1.71. The molecule has 1 aromatic carbocycles. The van der Waals surface area contributed by atoms with Crippen LogP contribution in [0.2, 0.25) is 0 Å². The monoisotopic (exact) mass is 398 g/mol. The number of terminal acetylenes is 1. The van der Waals surface area contributed by atoms with E-state index >= 15 is 0 Å². The normalized spacial score (nSPS) is 16.0. The lowest BCUT2D eigenvalue weighted by Gasteiger charge is -2.10. The van der Waals surface area contributed by atoms with E-state index in [1.807, 2.05) is 44.2 Å². The lowest BCUT2D eigenvalue weighted by atomic mass is 10.1. The predicted octanol–water partition coefficient (Wildman–Crippen LogP) is 4.35. The van der Waals surface area contributed by atoms with E-state index in [0.29, 0.717) is 12.2 Å². The molecule has 0 aliphatic carbocycles. The van der Waals surface area contributed by atoms with Crippen LogP contribution in [0.25, 0.3) is 32.2 Å². The van der Waals surface area contributed by atoms with Crippen molar-refractivity contribution in [1.82, 2.24) is 15.3 Å². The van der Waals surface area contributed by atoms with Crippen molar-refractivity contribution < 1.29 is 4.79 Å². The van der Waals surface area contributed by atoms with Gasteiger partial charge in [-0.05, 0) is 50.2 Å². The Kier molecular flexibility index (Phi) is 4.00. The van der Waals surface area contributed by atoms with E-state index in [1.165, 1.54) is 11.3 Å². The van der Waals surface area contributed by atoms with E-state index < -0.39 is 0 Å². The number of rotatable bonds is 1. The number of hydrogen-bond donors (Lipinski definition) is 2. The zero-order valence-corrected chi connectivity index (χ0v) is 16.9. The molecule has 142 valence electrons.